The first-order valence-corrected chi connectivity index (χ1v) is 6.54. The Hall–Kier alpha value is -2.88. The first kappa shape index (κ1) is 15.5. The molecule has 22 heavy (non-hydrogen) atoms. The van der Waals surface area contributed by atoms with E-state index in [1.165, 1.54) is 24.7 Å². The van der Waals surface area contributed by atoms with Gasteiger partial charge in [0.05, 0.1) is 17.3 Å². The van der Waals surface area contributed by atoms with Crippen molar-refractivity contribution in [3.8, 4) is 5.75 Å². The van der Waals surface area contributed by atoms with E-state index in [2.05, 4.69) is 36.4 Å². The van der Waals surface area contributed by atoms with Gasteiger partial charge in [-0.25, -0.2) is 10.4 Å². The van der Waals surface area contributed by atoms with Crippen LogP contribution in [0.15, 0.2) is 40.3 Å². The third kappa shape index (κ3) is 3.61. The molecule has 10 heteroatoms. The van der Waals surface area contributed by atoms with Crippen molar-refractivity contribution in [3.63, 3.8) is 0 Å². The molecule has 2 N–H and O–H groups in total. The predicted molar refractivity (Wildman–Crippen MR) is 79.6 cm³/mol. The second-order valence-electron chi connectivity index (χ2n) is 3.91. The van der Waals surface area contributed by atoms with Gasteiger partial charge >= 0.3 is 5.69 Å². The zero-order chi connectivity index (χ0) is 16.1. The number of nitro groups is 1. The van der Waals surface area contributed by atoms with Gasteiger partial charge in [0.25, 0.3) is 5.91 Å². The van der Waals surface area contributed by atoms with E-state index in [-0.39, 0.29) is 11.3 Å². The number of nitrogens with zero attached hydrogens (tertiary/aromatic N) is 4. The summed E-state index contributed by atoms with van der Waals surface area (Å²) in [6.07, 6.45) is 5.11. The molecule has 112 valence electrons. The molecule has 0 saturated carbocycles. The Kier molecular flexibility index (Phi) is 4.73. The molecule has 0 saturated heterocycles. The highest BCUT2D eigenvalue weighted by atomic mass is 79.9. The number of nitrogens with one attached hydrogen (secondary N) is 1. The molecule has 0 spiro atoms. The lowest BCUT2D eigenvalue weighted by molar-refractivity contribution is -0.385. The number of aromatic nitrogens is 2. The average molecular weight is 366 g/mol. The van der Waals surface area contributed by atoms with Crippen molar-refractivity contribution in [2.75, 3.05) is 0 Å². The molecule has 1 aromatic heterocycles. The summed E-state index contributed by atoms with van der Waals surface area (Å²) in [6.45, 7) is 0. The molecular weight excluding hydrogens is 358 g/mol. The molecule has 0 aliphatic rings. The van der Waals surface area contributed by atoms with Crippen LogP contribution < -0.4 is 5.43 Å². The SMILES string of the molecule is O=C(N/N=C/c1cc(Br)cc([N+](=O)[O-])c1O)c1cnccn1. The van der Waals surface area contributed by atoms with Crippen molar-refractivity contribution >= 4 is 33.7 Å². The minimum absolute atomic E-state index is 0.0593. The highest BCUT2D eigenvalue weighted by Crippen LogP contribution is 2.32. The maximum atomic E-state index is 11.7. The molecule has 0 unspecified atom stereocenters. The summed E-state index contributed by atoms with van der Waals surface area (Å²) in [5, 5.41) is 24.2. The third-order valence-corrected chi connectivity index (χ3v) is 2.90. The molecule has 1 amide bonds. The van der Waals surface area contributed by atoms with Gasteiger partial charge < -0.3 is 5.11 Å². The van der Waals surface area contributed by atoms with Crippen molar-refractivity contribution in [1.82, 2.24) is 15.4 Å². The van der Waals surface area contributed by atoms with Crippen LogP contribution >= 0.6 is 15.9 Å². The number of phenols is 1. The van der Waals surface area contributed by atoms with Crippen LogP contribution in [0.5, 0.6) is 5.75 Å². The number of phenolic OH excluding ortho intramolecular Hbond substituents is 1. The van der Waals surface area contributed by atoms with Gasteiger partial charge in [-0.05, 0) is 6.07 Å². The monoisotopic (exact) mass is 365 g/mol. The Morgan fingerprint density at radius 2 is 2.23 bits per heavy atom. The largest absolute Gasteiger partial charge is 0.502 e. The van der Waals surface area contributed by atoms with Crippen molar-refractivity contribution in [2.24, 2.45) is 5.10 Å². The van der Waals surface area contributed by atoms with Gasteiger partial charge in [-0.3, -0.25) is 19.9 Å². The summed E-state index contributed by atoms with van der Waals surface area (Å²) in [5.74, 6) is -1.15. The molecule has 2 rings (SSSR count). The summed E-state index contributed by atoms with van der Waals surface area (Å²) in [7, 11) is 0. The minimum atomic E-state index is -0.727. The zero-order valence-corrected chi connectivity index (χ0v) is 12.4. The second-order valence-corrected chi connectivity index (χ2v) is 4.83. The van der Waals surface area contributed by atoms with Crippen LogP contribution in [-0.4, -0.2) is 32.1 Å². The Labute approximate surface area is 132 Å². The van der Waals surface area contributed by atoms with Crippen molar-refractivity contribution in [1.29, 1.82) is 0 Å². The first-order valence-electron chi connectivity index (χ1n) is 5.75. The van der Waals surface area contributed by atoms with Crippen molar-refractivity contribution in [3.05, 3.63) is 56.6 Å². The van der Waals surface area contributed by atoms with Crippen LogP contribution in [0.1, 0.15) is 16.1 Å². The normalized spacial score (nSPS) is 10.6. The number of carbonyl (C=O) groups is 1. The Morgan fingerprint density at radius 3 is 2.86 bits per heavy atom. The van der Waals surface area contributed by atoms with Gasteiger partial charge in [0.2, 0.25) is 5.75 Å². The molecule has 1 heterocycles. The van der Waals surface area contributed by atoms with Gasteiger partial charge in [0.15, 0.2) is 0 Å². The summed E-state index contributed by atoms with van der Waals surface area (Å²) in [5.41, 5.74) is 1.83. The topological polar surface area (TPSA) is 131 Å². The van der Waals surface area contributed by atoms with Crippen LogP contribution in [0.3, 0.4) is 0 Å². The van der Waals surface area contributed by atoms with E-state index in [0.717, 1.165) is 12.3 Å². The number of nitro benzene ring substituents is 1. The lowest BCUT2D eigenvalue weighted by Crippen LogP contribution is -2.19. The highest BCUT2D eigenvalue weighted by molar-refractivity contribution is 9.10. The number of amides is 1. The molecule has 0 atom stereocenters. The summed E-state index contributed by atoms with van der Waals surface area (Å²) in [4.78, 5) is 29.2. The van der Waals surface area contributed by atoms with Gasteiger partial charge in [0, 0.05) is 28.5 Å². The van der Waals surface area contributed by atoms with E-state index in [4.69, 9.17) is 0 Å². The highest BCUT2D eigenvalue weighted by Gasteiger charge is 2.17. The minimum Gasteiger partial charge on any atom is -0.502 e. The Bertz CT molecular complexity index is 751. The smallest absolute Gasteiger partial charge is 0.312 e. The van der Waals surface area contributed by atoms with E-state index in [1.54, 1.807) is 0 Å². The van der Waals surface area contributed by atoms with Gasteiger partial charge in [0.1, 0.15) is 5.69 Å². The van der Waals surface area contributed by atoms with Crippen LogP contribution in [0.2, 0.25) is 0 Å². The van der Waals surface area contributed by atoms with Crippen molar-refractivity contribution in [2.45, 2.75) is 0 Å². The fourth-order valence-electron chi connectivity index (χ4n) is 1.48. The number of halogens is 1. The third-order valence-electron chi connectivity index (χ3n) is 2.45. The average Bonchev–Trinajstić information content (AvgIpc) is 2.50. The predicted octanol–water partition coefficient (Wildman–Crippen LogP) is 1.62. The molecule has 0 radical (unpaired) electrons. The van der Waals surface area contributed by atoms with Gasteiger partial charge in [-0.15, -0.1) is 0 Å². The molecular formula is C12H8BrN5O4. The molecule has 2 aromatic rings. The van der Waals surface area contributed by atoms with E-state index in [9.17, 15) is 20.0 Å². The number of aromatic hydroxyl groups is 1. The van der Waals surface area contributed by atoms with Crippen LogP contribution in [0.25, 0.3) is 0 Å². The lowest BCUT2D eigenvalue weighted by atomic mass is 10.2. The Morgan fingerprint density at radius 1 is 1.45 bits per heavy atom. The molecule has 0 aliphatic carbocycles. The maximum absolute atomic E-state index is 11.7. The summed E-state index contributed by atoms with van der Waals surface area (Å²) >= 11 is 3.09. The molecule has 0 bridgehead atoms. The number of carbonyl (C=O) groups excluding carboxylic acids is 1. The fourth-order valence-corrected chi connectivity index (χ4v) is 1.94. The molecule has 1 aromatic carbocycles. The molecule has 0 fully saturated rings. The van der Waals surface area contributed by atoms with E-state index in [1.807, 2.05) is 0 Å². The summed E-state index contributed by atoms with van der Waals surface area (Å²) < 4.78 is 0.388. The number of benzene rings is 1. The number of hydrogen-bond donors (Lipinski definition) is 2. The van der Waals surface area contributed by atoms with Crippen LogP contribution in [0.4, 0.5) is 5.69 Å². The van der Waals surface area contributed by atoms with E-state index < -0.39 is 22.3 Å². The van der Waals surface area contributed by atoms with Gasteiger partial charge in [-0.2, -0.15) is 5.10 Å². The lowest BCUT2D eigenvalue weighted by Gasteiger charge is -2.02. The number of hydrazone groups is 1. The van der Waals surface area contributed by atoms with Crippen LogP contribution in [-0.2, 0) is 0 Å². The van der Waals surface area contributed by atoms with Gasteiger partial charge in [-0.1, -0.05) is 15.9 Å². The maximum Gasteiger partial charge on any atom is 0.312 e. The second kappa shape index (κ2) is 6.72. The summed E-state index contributed by atoms with van der Waals surface area (Å²) in [6, 6.07) is 2.57. The first-order chi connectivity index (χ1) is 10.5. The quantitative estimate of drug-likeness (QED) is 0.480. The van der Waals surface area contributed by atoms with E-state index >= 15 is 0 Å². The van der Waals surface area contributed by atoms with E-state index in [0.29, 0.717) is 4.47 Å². The molecule has 0 aliphatic heterocycles. The Balaban J connectivity index is 2.17. The standard InChI is InChI=1S/C12H8BrN5O4/c13-8-3-7(11(19)10(4-8)18(21)22)5-16-17-12(20)9-6-14-1-2-15-9/h1-6,19H,(H,17,20)/b16-5+. The zero-order valence-electron chi connectivity index (χ0n) is 10.8. The fraction of sp³-hybridized carbons (Fsp3) is 0. The number of hydrogen-bond acceptors (Lipinski definition) is 7. The van der Waals surface area contributed by atoms with Crippen molar-refractivity contribution < 1.29 is 14.8 Å². The van der Waals surface area contributed by atoms with Crippen LogP contribution in [0, 0.1) is 10.1 Å². The number of rotatable bonds is 4. The molecule has 9 nitrogen and oxygen atoms in total.